The highest BCUT2D eigenvalue weighted by atomic mass is 16.3. The highest BCUT2D eigenvalue weighted by Crippen LogP contribution is 2.33. The van der Waals surface area contributed by atoms with E-state index < -0.39 is 6.10 Å². The van der Waals surface area contributed by atoms with Crippen LogP contribution in [0.4, 0.5) is 0 Å². The predicted molar refractivity (Wildman–Crippen MR) is 73.6 cm³/mol. The van der Waals surface area contributed by atoms with E-state index in [-0.39, 0.29) is 23.7 Å². The van der Waals surface area contributed by atoms with Gasteiger partial charge in [-0.1, -0.05) is 0 Å². The number of carbonyl (C=O) groups excluding carboxylic acids is 1. The summed E-state index contributed by atoms with van der Waals surface area (Å²) in [6.45, 7) is 1.69. The minimum absolute atomic E-state index is 0.0493. The van der Waals surface area contributed by atoms with Gasteiger partial charge in [0.1, 0.15) is 6.26 Å². The number of nitrogens with zero attached hydrogens (tertiary/aromatic N) is 4. The lowest BCUT2D eigenvalue weighted by Gasteiger charge is -2.28. The van der Waals surface area contributed by atoms with Crippen LogP contribution in [-0.4, -0.2) is 49.6 Å². The number of aryl methyl sites for hydroxylation is 1. The quantitative estimate of drug-likeness (QED) is 0.912. The van der Waals surface area contributed by atoms with Gasteiger partial charge in [0, 0.05) is 26.4 Å². The molecule has 7 nitrogen and oxygen atoms in total. The summed E-state index contributed by atoms with van der Waals surface area (Å²) in [7, 11) is 1.69. The van der Waals surface area contributed by atoms with Crippen LogP contribution < -0.4 is 0 Å². The van der Waals surface area contributed by atoms with Crippen LogP contribution in [-0.2, 0) is 0 Å². The number of aliphatic hydroxyl groups is 1. The number of aliphatic hydroxyl groups excluding tert-OH is 1. The van der Waals surface area contributed by atoms with Crippen molar-refractivity contribution < 1.29 is 14.3 Å². The van der Waals surface area contributed by atoms with Crippen molar-refractivity contribution in [2.24, 2.45) is 0 Å². The second-order valence-corrected chi connectivity index (χ2v) is 5.38. The van der Waals surface area contributed by atoms with E-state index in [9.17, 15) is 9.90 Å². The molecular weight excluding hydrogens is 272 g/mol. The third-order valence-electron chi connectivity index (χ3n) is 4.11. The molecule has 1 N–H and O–H groups in total. The highest BCUT2D eigenvalue weighted by Gasteiger charge is 2.40. The summed E-state index contributed by atoms with van der Waals surface area (Å²) in [5.74, 6) is 0.220. The van der Waals surface area contributed by atoms with Gasteiger partial charge in [-0.3, -0.25) is 4.79 Å². The van der Waals surface area contributed by atoms with Crippen molar-refractivity contribution in [3.63, 3.8) is 0 Å². The first kappa shape index (κ1) is 13.8. The van der Waals surface area contributed by atoms with Gasteiger partial charge < -0.3 is 19.0 Å². The van der Waals surface area contributed by atoms with Crippen LogP contribution in [0.25, 0.3) is 0 Å². The number of hydrogen-bond donors (Lipinski definition) is 1. The predicted octanol–water partition coefficient (Wildman–Crippen LogP) is 1.02. The third-order valence-corrected chi connectivity index (χ3v) is 4.11. The summed E-state index contributed by atoms with van der Waals surface area (Å²) in [6.07, 6.45) is 7.48. The van der Waals surface area contributed by atoms with Crippen molar-refractivity contribution in [1.29, 1.82) is 0 Å². The maximum atomic E-state index is 12.4. The number of likely N-dealkylation sites (N-methyl/N-ethyl adjacent to an activating group) is 1. The lowest BCUT2D eigenvalue weighted by Crippen LogP contribution is -2.43. The maximum absolute atomic E-state index is 12.4. The molecule has 0 aromatic carbocycles. The molecule has 1 fully saturated rings. The Labute approximate surface area is 122 Å². The fourth-order valence-electron chi connectivity index (χ4n) is 2.95. The van der Waals surface area contributed by atoms with Gasteiger partial charge in [0.05, 0.1) is 24.5 Å². The zero-order valence-electron chi connectivity index (χ0n) is 12.0. The van der Waals surface area contributed by atoms with Crippen molar-refractivity contribution in [3.05, 3.63) is 36.6 Å². The van der Waals surface area contributed by atoms with Crippen LogP contribution in [0.5, 0.6) is 0 Å². The number of aromatic nitrogens is 3. The van der Waals surface area contributed by atoms with E-state index >= 15 is 0 Å². The van der Waals surface area contributed by atoms with E-state index in [1.54, 1.807) is 31.4 Å². The zero-order chi connectivity index (χ0) is 15.0. The van der Waals surface area contributed by atoms with Crippen LogP contribution in [0.1, 0.15) is 35.3 Å². The molecule has 7 heteroatoms. The first-order valence-corrected chi connectivity index (χ1v) is 6.92. The molecule has 21 heavy (non-hydrogen) atoms. The van der Waals surface area contributed by atoms with Crippen molar-refractivity contribution in [3.8, 4) is 0 Å². The van der Waals surface area contributed by atoms with Gasteiger partial charge in [0.25, 0.3) is 5.91 Å². The van der Waals surface area contributed by atoms with Gasteiger partial charge in [-0.2, -0.15) is 0 Å². The number of imidazole rings is 1. The lowest BCUT2D eigenvalue weighted by atomic mass is 10.1. The molecule has 3 rings (SSSR count). The number of amides is 1. The maximum Gasteiger partial charge on any atom is 0.275 e. The van der Waals surface area contributed by atoms with Crippen molar-refractivity contribution in [1.82, 2.24) is 19.4 Å². The average Bonchev–Trinajstić information content (AvgIpc) is 3.17. The Morgan fingerprint density at radius 2 is 2.33 bits per heavy atom. The second kappa shape index (κ2) is 5.33. The smallest absolute Gasteiger partial charge is 0.275 e. The standard InChI is InChI=1S/C14H18N4O3/c1-9-16-10(7-21-9)14(20)17(2)11-3-4-12(13(11)19)18-6-5-15-8-18/h5-8,11-13,19H,3-4H2,1-2H3/t11-,12-,13-/m1/s1. The lowest BCUT2D eigenvalue weighted by molar-refractivity contribution is 0.0438. The molecule has 0 bridgehead atoms. The van der Waals surface area contributed by atoms with Crippen molar-refractivity contribution in [2.45, 2.75) is 38.0 Å². The molecule has 0 saturated heterocycles. The third kappa shape index (κ3) is 2.44. The molecule has 1 amide bonds. The Morgan fingerprint density at radius 1 is 1.52 bits per heavy atom. The van der Waals surface area contributed by atoms with Crippen molar-refractivity contribution >= 4 is 5.91 Å². The van der Waals surface area contributed by atoms with E-state index in [4.69, 9.17) is 4.42 Å². The molecule has 0 aliphatic heterocycles. The minimum Gasteiger partial charge on any atom is -0.448 e. The summed E-state index contributed by atoms with van der Waals surface area (Å²) < 4.78 is 6.96. The molecule has 1 aliphatic rings. The van der Waals surface area contributed by atoms with Gasteiger partial charge >= 0.3 is 0 Å². The molecule has 2 aromatic heterocycles. The molecule has 1 aliphatic carbocycles. The molecule has 1 saturated carbocycles. The molecular formula is C14H18N4O3. The first-order chi connectivity index (χ1) is 10.1. The highest BCUT2D eigenvalue weighted by molar-refractivity contribution is 5.92. The molecule has 2 aromatic rings. The Balaban J connectivity index is 1.74. The second-order valence-electron chi connectivity index (χ2n) is 5.38. The van der Waals surface area contributed by atoms with E-state index in [1.807, 2.05) is 10.8 Å². The Bertz CT molecular complexity index is 622. The number of oxazole rings is 1. The first-order valence-electron chi connectivity index (χ1n) is 6.92. The summed E-state index contributed by atoms with van der Waals surface area (Å²) in [5.41, 5.74) is 0.272. The van der Waals surface area contributed by atoms with Gasteiger partial charge in [-0.05, 0) is 12.8 Å². The molecule has 3 atom stereocenters. The number of hydrogen-bond acceptors (Lipinski definition) is 5. The molecule has 0 unspecified atom stereocenters. The fraction of sp³-hybridized carbons (Fsp3) is 0.500. The number of rotatable bonds is 3. The molecule has 2 heterocycles. The Kier molecular flexibility index (Phi) is 3.50. The Hall–Kier alpha value is -2.15. The molecule has 0 radical (unpaired) electrons. The van der Waals surface area contributed by atoms with Gasteiger partial charge in [-0.15, -0.1) is 0 Å². The summed E-state index contributed by atoms with van der Waals surface area (Å²) in [6, 6.07) is -0.284. The minimum atomic E-state index is -0.624. The van der Waals surface area contributed by atoms with E-state index in [0.29, 0.717) is 5.89 Å². The van der Waals surface area contributed by atoms with Crippen LogP contribution in [0, 0.1) is 6.92 Å². The van der Waals surface area contributed by atoms with Gasteiger partial charge in [0.15, 0.2) is 11.6 Å². The fourth-order valence-corrected chi connectivity index (χ4v) is 2.95. The normalized spacial score (nSPS) is 25.2. The van der Waals surface area contributed by atoms with Crippen LogP contribution in [0.15, 0.2) is 29.4 Å². The SMILES string of the molecule is Cc1nc(C(=O)N(C)[C@@H]2CC[C@@H](n3ccnc3)[C@@H]2O)co1. The van der Waals surface area contributed by atoms with Crippen LogP contribution in [0.2, 0.25) is 0 Å². The topological polar surface area (TPSA) is 84.4 Å². The Morgan fingerprint density at radius 3 is 2.95 bits per heavy atom. The average molecular weight is 290 g/mol. The van der Waals surface area contributed by atoms with Crippen LogP contribution in [0.3, 0.4) is 0 Å². The molecule has 0 spiro atoms. The van der Waals surface area contributed by atoms with E-state index in [2.05, 4.69) is 9.97 Å². The van der Waals surface area contributed by atoms with Gasteiger partial charge in [-0.25, -0.2) is 9.97 Å². The van der Waals surface area contributed by atoms with E-state index in [1.165, 1.54) is 6.26 Å². The number of carbonyl (C=O) groups is 1. The summed E-state index contributed by atoms with van der Waals surface area (Å²) in [5, 5.41) is 10.5. The molecule has 112 valence electrons. The van der Waals surface area contributed by atoms with E-state index in [0.717, 1.165) is 12.8 Å². The largest absolute Gasteiger partial charge is 0.448 e. The zero-order valence-corrected chi connectivity index (χ0v) is 12.0. The van der Waals surface area contributed by atoms with Crippen LogP contribution >= 0.6 is 0 Å². The van der Waals surface area contributed by atoms with Gasteiger partial charge in [0.2, 0.25) is 0 Å². The summed E-state index contributed by atoms with van der Waals surface area (Å²) >= 11 is 0. The monoisotopic (exact) mass is 290 g/mol. The van der Waals surface area contributed by atoms with Crippen molar-refractivity contribution in [2.75, 3.05) is 7.05 Å². The summed E-state index contributed by atoms with van der Waals surface area (Å²) in [4.78, 5) is 22.0.